The van der Waals surface area contributed by atoms with Crippen LogP contribution in [0.25, 0.3) is 0 Å². The fourth-order valence-corrected chi connectivity index (χ4v) is 2.88. The van der Waals surface area contributed by atoms with Crippen LogP contribution >= 0.6 is 0 Å². The number of carbonyl (C=O) groups is 1. The van der Waals surface area contributed by atoms with Crippen molar-refractivity contribution in [1.82, 2.24) is 0 Å². The Hall–Kier alpha value is -0.600. The first kappa shape index (κ1) is 5.98. The first-order valence-electron chi connectivity index (χ1n) is 4.12. The molecule has 1 aliphatic heterocycles. The van der Waals surface area contributed by atoms with Crippen molar-refractivity contribution in [3.05, 3.63) is 0 Å². The van der Waals surface area contributed by atoms with E-state index in [2.05, 4.69) is 0 Å². The molecule has 0 unspecified atom stereocenters. The molecule has 3 fully saturated rings. The van der Waals surface area contributed by atoms with Gasteiger partial charge in [0, 0.05) is 5.92 Å². The standard InChI is InChI=1S/C8H9FO2/c9-6-3-1-4-5(2-3)8(10)11-7(4)6/h3-7H,1-2H2/t3-,4+,5-,6-,7-/m1/s1. The van der Waals surface area contributed by atoms with E-state index in [1.54, 1.807) is 0 Å². The van der Waals surface area contributed by atoms with E-state index in [1.165, 1.54) is 0 Å². The quantitative estimate of drug-likeness (QED) is 0.487. The average Bonchev–Trinajstić information content (AvgIpc) is 2.53. The molecule has 1 saturated heterocycles. The molecule has 0 aromatic rings. The fourth-order valence-electron chi connectivity index (χ4n) is 2.88. The number of halogens is 1. The lowest BCUT2D eigenvalue weighted by Gasteiger charge is -2.17. The van der Waals surface area contributed by atoms with Crippen LogP contribution in [0.2, 0.25) is 0 Å². The van der Waals surface area contributed by atoms with Gasteiger partial charge in [0.25, 0.3) is 0 Å². The lowest BCUT2D eigenvalue weighted by Crippen LogP contribution is -2.27. The number of fused-ring (bicyclic) bond motifs is 1. The third-order valence-electron chi connectivity index (χ3n) is 3.39. The van der Waals surface area contributed by atoms with Crippen LogP contribution in [0.15, 0.2) is 0 Å². The molecule has 1 heterocycles. The highest BCUT2D eigenvalue weighted by atomic mass is 19.1. The summed E-state index contributed by atoms with van der Waals surface area (Å²) in [5.41, 5.74) is 0. The van der Waals surface area contributed by atoms with Gasteiger partial charge >= 0.3 is 5.97 Å². The van der Waals surface area contributed by atoms with Gasteiger partial charge in [0.2, 0.25) is 0 Å². The van der Waals surface area contributed by atoms with E-state index in [0.717, 1.165) is 12.8 Å². The first-order valence-corrected chi connectivity index (χ1v) is 4.12. The summed E-state index contributed by atoms with van der Waals surface area (Å²) in [4.78, 5) is 11.0. The highest BCUT2D eigenvalue weighted by molar-refractivity contribution is 5.76. The zero-order chi connectivity index (χ0) is 7.59. The SMILES string of the molecule is O=C1O[C@H]2[C@H](F)[C@@H]3C[C@H]2[C@H]1C3. The summed E-state index contributed by atoms with van der Waals surface area (Å²) in [6, 6.07) is 0. The van der Waals surface area contributed by atoms with Gasteiger partial charge in [-0.25, -0.2) is 4.39 Å². The maximum Gasteiger partial charge on any atom is 0.309 e. The third kappa shape index (κ3) is 0.522. The summed E-state index contributed by atoms with van der Waals surface area (Å²) < 4.78 is 18.1. The van der Waals surface area contributed by atoms with Gasteiger partial charge in [0.05, 0.1) is 5.92 Å². The van der Waals surface area contributed by atoms with E-state index in [-0.39, 0.29) is 29.8 Å². The van der Waals surface area contributed by atoms with Crippen molar-refractivity contribution < 1.29 is 13.9 Å². The monoisotopic (exact) mass is 156 g/mol. The van der Waals surface area contributed by atoms with E-state index in [0.29, 0.717) is 0 Å². The van der Waals surface area contributed by atoms with Crippen LogP contribution in [0.1, 0.15) is 12.8 Å². The number of esters is 1. The minimum atomic E-state index is -0.859. The summed E-state index contributed by atoms with van der Waals surface area (Å²) in [5.74, 6) is 0.253. The Labute approximate surface area is 63.7 Å². The molecule has 0 aromatic carbocycles. The van der Waals surface area contributed by atoms with E-state index < -0.39 is 6.17 Å². The highest BCUT2D eigenvalue weighted by Gasteiger charge is 2.62. The van der Waals surface area contributed by atoms with E-state index >= 15 is 0 Å². The van der Waals surface area contributed by atoms with Gasteiger partial charge < -0.3 is 4.74 Å². The van der Waals surface area contributed by atoms with Crippen molar-refractivity contribution in [3.8, 4) is 0 Å². The Balaban J connectivity index is 2.04. The molecule has 3 heteroatoms. The Morgan fingerprint density at radius 2 is 2.27 bits per heavy atom. The zero-order valence-electron chi connectivity index (χ0n) is 6.00. The lowest BCUT2D eigenvalue weighted by atomic mass is 9.89. The van der Waals surface area contributed by atoms with Crippen LogP contribution in [0.4, 0.5) is 4.39 Å². The average molecular weight is 156 g/mol. The summed E-state index contributed by atoms with van der Waals surface area (Å²) in [5, 5.41) is 0. The summed E-state index contributed by atoms with van der Waals surface area (Å²) >= 11 is 0. The molecule has 0 N–H and O–H groups in total. The topological polar surface area (TPSA) is 26.3 Å². The van der Waals surface area contributed by atoms with Gasteiger partial charge in [0.15, 0.2) is 0 Å². The van der Waals surface area contributed by atoms with Crippen LogP contribution in [-0.4, -0.2) is 18.2 Å². The molecule has 0 aromatic heterocycles. The molecule has 2 bridgehead atoms. The number of hydrogen-bond donors (Lipinski definition) is 0. The second-order valence-electron chi connectivity index (χ2n) is 3.85. The number of carbonyl (C=O) groups excluding carboxylic acids is 1. The van der Waals surface area contributed by atoms with Crippen molar-refractivity contribution >= 4 is 5.97 Å². The van der Waals surface area contributed by atoms with Crippen LogP contribution in [0, 0.1) is 17.8 Å². The van der Waals surface area contributed by atoms with Crippen LogP contribution < -0.4 is 0 Å². The smallest absolute Gasteiger partial charge is 0.309 e. The molecule has 0 amide bonds. The predicted molar refractivity (Wildman–Crippen MR) is 34.5 cm³/mol. The maximum absolute atomic E-state index is 13.2. The van der Waals surface area contributed by atoms with Crippen molar-refractivity contribution in [2.24, 2.45) is 17.8 Å². The van der Waals surface area contributed by atoms with Gasteiger partial charge in [-0.3, -0.25) is 4.79 Å². The molecular weight excluding hydrogens is 147 g/mol. The minimum absolute atomic E-state index is 0.0528. The number of alkyl halides is 1. The van der Waals surface area contributed by atoms with Crippen LogP contribution in [0.3, 0.4) is 0 Å². The second-order valence-corrected chi connectivity index (χ2v) is 3.85. The first-order chi connectivity index (χ1) is 5.27. The number of hydrogen-bond acceptors (Lipinski definition) is 2. The maximum atomic E-state index is 13.2. The van der Waals surface area contributed by atoms with Crippen molar-refractivity contribution in [2.75, 3.05) is 0 Å². The highest BCUT2D eigenvalue weighted by Crippen LogP contribution is 2.55. The predicted octanol–water partition coefficient (Wildman–Crippen LogP) is 0.906. The summed E-state index contributed by atoms with van der Waals surface area (Å²) in [6.07, 6.45) is 0.387. The molecule has 2 aliphatic carbocycles. The molecule has 11 heavy (non-hydrogen) atoms. The van der Waals surface area contributed by atoms with E-state index in [4.69, 9.17) is 4.74 Å². The Morgan fingerprint density at radius 1 is 1.45 bits per heavy atom. The molecule has 0 spiro atoms. The van der Waals surface area contributed by atoms with Crippen LogP contribution in [-0.2, 0) is 9.53 Å². The molecule has 2 saturated carbocycles. The van der Waals surface area contributed by atoms with Crippen molar-refractivity contribution in [2.45, 2.75) is 25.1 Å². The van der Waals surface area contributed by atoms with Gasteiger partial charge in [-0.15, -0.1) is 0 Å². The number of ether oxygens (including phenoxy) is 1. The van der Waals surface area contributed by atoms with Gasteiger partial charge in [-0.05, 0) is 18.8 Å². The largest absolute Gasteiger partial charge is 0.459 e. The fraction of sp³-hybridized carbons (Fsp3) is 0.875. The summed E-state index contributed by atoms with van der Waals surface area (Å²) in [7, 11) is 0. The Bertz CT molecular complexity index is 228. The molecule has 60 valence electrons. The molecule has 2 nitrogen and oxygen atoms in total. The van der Waals surface area contributed by atoms with E-state index in [1.807, 2.05) is 0 Å². The minimum Gasteiger partial charge on any atom is -0.459 e. The normalized spacial score (nSPS) is 58.6. The second kappa shape index (κ2) is 1.59. The molecule has 3 rings (SSSR count). The van der Waals surface area contributed by atoms with Crippen LogP contribution in [0.5, 0.6) is 0 Å². The van der Waals surface area contributed by atoms with E-state index in [9.17, 15) is 9.18 Å². The van der Waals surface area contributed by atoms with Gasteiger partial charge in [-0.2, -0.15) is 0 Å². The molecular formula is C8H9FO2. The Kier molecular flexibility index (Phi) is 0.866. The van der Waals surface area contributed by atoms with Gasteiger partial charge in [-0.1, -0.05) is 0 Å². The molecule has 3 aliphatic rings. The zero-order valence-corrected chi connectivity index (χ0v) is 6.00. The Morgan fingerprint density at radius 3 is 2.91 bits per heavy atom. The molecule has 0 radical (unpaired) electrons. The summed E-state index contributed by atoms with van der Waals surface area (Å²) in [6.45, 7) is 0. The number of rotatable bonds is 0. The van der Waals surface area contributed by atoms with Crippen molar-refractivity contribution in [3.63, 3.8) is 0 Å². The van der Waals surface area contributed by atoms with Crippen molar-refractivity contribution in [1.29, 1.82) is 0 Å². The molecule has 5 atom stereocenters. The lowest BCUT2D eigenvalue weighted by molar-refractivity contribution is -0.144. The third-order valence-corrected chi connectivity index (χ3v) is 3.39. The van der Waals surface area contributed by atoms with Gasteiger partial charge in [0.1, 0.15) is 12.3 Å².